The molecule has 1 fully saturated rings. The largest absolute Gasteiger partial charge is 0.353 e. The SMILES string of the molecule is C=C(C#N)C(=O)CC[C@@H](NC(=O)[C@@H](CC(=O)CCC)Cc1nc2ccc(C(C)C)cc2s1)C1CCCC1. The fourth-order valence-electron chi connectivity index (χ4n) is 5.15. The minimum absolute atomic E-state index is 0.0454. The van der Waals surface area contributed by atoms with Crippen LogP contribution in [0.3, 0.4) is 0 Å². The molecule has 1 saturated carbocycles. The maximum atomic E-state index is 13.6. The van der Waals surface area contributed by atoms with Crippen molar-refractivity contribution in [2.24, 2.45) is 11.8 Å². The third-order valence-corrected chi connectivity index (χ3v) is 8.41. The number of nitriles is 1. The Balaban J connectivity index is 1.78. The van der Waals surface area contributed by atoms with Gasteiger partial charge in [-0.15, -0.1) is 11.3 Å². The molecule has 2 atom stereocenters. The van der Waals surface area contributed by atoms with Gasteiger partial charge in [-0.3, -0.25) is 14.4 Å². The van der Waals surface area contributed by atoms with Crippen LogP contribution in [0.2, 0.25) is 0 Å². The minimum Gasteiger partial charge on any atom is -0.353 e. The summed E-state index contributed by atoms with van der Waals surface area (Å²) in [6.07, 6.45) is 6.71. The number of rotatable bonds is 14. The average molecular weight is 522 g/mol. The first-order chi connectivity index (χ1) is 17.7. The molecule has 1 amide bonds. The van der Waals surface area contributed by atoms with Crippen molar-refractivity contribution in [1.29, 1.82) is 5.26 Å². The molecule has 0 unspecified atom stereocenters. The number of Topliss-reactive ketones (excluding diaryl/α,β-unsaturated/α-hetero) is 2. The molecular weight excluding hydrogens is 482 g/mol. The quantitative estimate of drug-likeness (QED) is 0.228. The average Bonchev–Trinajstić information content (AvgIpc) is 3.54. The second-order valence-corrected chi connectivity index (χ2v) is 11.7. The molecule has 1 aliphatic rings. The number of hydrogen-bond acceptors (Lipinski definition) is 6. The Hall–Kier alpha value is -2.85. The van der Waals surface area contributed by atoms with Crippen LogP contribution in [-0.4, -0.2) is 28.5 Å². The van der Waals surface area contributed by atoms with Crippen LogP contribution in [0, 0.1) is 23.2 Å². The molecule has 0 aliphatic heterocycles. The Labute approximate surface area is 224 Å². The van der Waals surface area contributed by atoms with Gasteiger partial charge in [0.15, 0.2) is 5.78 Å². The van der Waals surface area contributed by atoms with Gasteiger partial charge in [0.25, 0.3) is 0 Å². The zero-order valence-corrected chi connectivity index (χ0v) is 23.2. The number of aromatic nitrogens is 1. The van der Waals surface area contributed by atoms with Gasteiger partial charge in [-0.05, 0) is 55.2 Å². The molecule has 3 rings (SSSR count). The van der Waals surface area contributed by atoms with Crippen molar-refractivity contribution in [2.45, 2.75) is 96.9 Å². The summed E-state index contributed by atoms with van der Waals surface area (Å²) in [6.45, 7) is 9.81. The standard InChI is InChI=1S/C30H39N3O3S/c1-5-8-24(34)15-23(17-29-32-26-12-11-22(19(2)3)16-28(26)37-29)30(36)33-25(21-9-6-7-10-21)13-14-27(35)20(4)18-31/h11-12,16,19,21,23,25H,4-10,13-15,17H2,1-3H3,(H,33,36)/t23-,25+/m0/s1. The number of thiazole rings is 1. The van der Waals surface area contributed by atoms with Gasteiger partial charge in [-0.1, -0.05) is 46.3 Å². The lowest BCUT2D eigenvalue weighted by atomic mass is 9.90. The topological polar surface area (TPSA) is 99.9 Å². The smallest absolute Gasteiger partial charge is 0.224 e. The van der Waals surface area contributed by atoms with Crippen LogP contribution in [0.15, 0.2) is 30.4 Å². The molecule has 37 heavy (non-hydrogen) atoms. The predicted octanol–water partition coefficient (Wildman–Crippen LogP) is 6.44. The highest BCUT2D eigenvalue weighted by Crippen LogP contribution is 2.31. The van der Waals surface area contributed by atoms with Crippen LogP contribution in [0.5, 0.6) is 0 Å². The summed E-state index contributed by atoms with van der Waals surface area (Å²) in [7, 11) is 0. The summed E-state index contributed by atoms with van der Waals surface area (Å²) >= 11 is 1.59. The zero-order chi connectivity index (χ0) is 26.9. The maximum Gasteiger partial charge on any atom is 0.224 e. The second kappa shape index (κ2) is 13.6. The molecule has 1 heterocycles. The van der Waals surface area contributed by atoms with Crippen molar-refractivity contribution in [3.05, 3.63) is 40.9 Å². The summed E-state index contributed by atoms with van der Waals surface area (Å²) in [4.78, 5) is 43.2. The van der Waals surface area contributed by atoms with E-state index in [4.69, 9.17) is 10.2 Å². The van der Waals surface area contributed by atoms with E-state index in [1.165, 1.54) is 5.56 Å². The number of fused-ring (bicyclic) bond motifs is 1. The summed E-state index contributed by atoms with van der Waals surface area (Å²) in [5.74, 6) is -0.109. The van der Waals surface area contributed by atoms with Crippen molar-refractivity contribution >= 4 is 39.0 Å². The van der Waals surface area contributed by atoms with Gasteiger partial charge in [-0.2, -0.15) is 5.26 Å². The third kappa shape index (κ3) is 8.07. The van der Waals surface area contributed by atoms with Crippen molar-refractivity contribution in [3.63, 3.8) is 0 Å². The molecule has 7 heteroatoms. The Morgan fingerprint density at radius 1 is 1.22 bits per heavy atom. The number of nitrogens with one attached hydrogen (secondary N) is 1. The summed E-state index contributed by atoms with van der Waals surface area (Å²) in [5.41, 5.74) is 2.13. The molecule has 0 saturated heterocycles. The van der Waals surface area contributed by atoms with E-state index in [1.54, 1.807) is 11.3 Å². The highest BCUT2D eigenvalue weighted by atomic mass is 32.1. The van der Waals surface area contributed by atoms with Gasteiger partial charge in [0.2, 0.25) is 5.91 Å². The molecule has 1 aromatic heterocycles. The van der Waals surface area contributed by atoms with Crippen molar-refractivity contribution in [2.75, 3.05) is 0 Å². The Morgan fingerprint density at radius 2 is 1.95 bits per heavy atom. The van der Waals surface area contributed by atoms with E-state index >= 15 is 0 Å². The number of amides is 1. The van der Waals surface area contributed by atoms with Crippen LogP contribution < -0.4 is 5.32 Å². The van der Waals surface area contributed by atoms with Gasteiger partial charge in [0.05, 0.1) is 26.7 Å². The molecule has 0 spiro atoms. The van der Waals surface area contributed by atoms with Gasteiger partial charge < -0.3 is 5.32 Å². The summed E-state index contributed by atoms with van der Waals surface area (Å²) in [5, 5.41) is 13.1. The lowest BCUT2D eigenvalue weighted by Gasteiger charge is -2.27. The highest BCUT2D eigenvalue weighted by molar-refractivity contribution is 7.18. The van der Waals surface area contributed by atoms with Gasteiger partial charge >= 0.3 is 0 Å². The van der Waals surface area contributed by atoms with Gasteiger partial charge in [-0.25, -0.2) is 4.98 Å². The predicted molar refractivity (Wildman–Crippen MR) is 148 cm³/mol. The van der Waals surface area contributed by atoms with E-state index in [0.717, 1.165) is 47.3 Å². The number of benzene rings is 1. The minimum atomic E-state index is -0.502. The van der Waals surface area contributed by atoms with Crippen LogP contribution in [0.1, 0.15) is 95.0 Å². The first kappa shape index (κ1) is 28.7. The monoisotopic (exact) mass is 521 g/mol. The van der Waals surface area contributed by atoms with Gasteiger partial charge in [0, 0.05) is 31.7 Å². The fourth-order valence-corrected chi connectivity index (χ4v) is 6.24. The van der Waals surface area contributed by atoms with Crippen molar-refractivity contribution in [1.82, 2.24) is 10.3 Å². The number of hydrogen-bond donors (Lipinski definition) is 1. The van der Waals surface area contributed by atoms with Crippen molar-refractivity contribution in [3.8, 4) is 6.07 Å². The Morgan fingerprint density at radius 3 is 2.59 bits per heavy atom. The number of allylic oxidation sites excluding steroid dienone is 1. The van der Waals surface area contributed by atoms with Crippen LogP contribution in [-0.2, 0) is 20.8 Å². The fraction of sp³-hybridized carbons (Fsp3) is 0.567. The molecule has 1 aliphatic carbocycles. The number of nitrogens with zero attached hydrogens (tertiary/aromatic N) is 2. The van der Waals surface area contributed by atoms with E-state index in [9.17, 15) is 14.4 Å². The molecular formula is C30H39N3O3S. The molecule has 1 N–H and O–H groups in total. The van der Waals surface area contributed by atoms with E-state index < -0.39 is 5.92 Å². The molecule has 2 aromatic rings. The number of carbonyl (C=O) groups is 3. The van der Waals surface area contributed by atoms with E-state index in [2.05, 4.69) is 37.9 Å². The Kier molecular flexibility index (Phi) is 10.6. The molecule has 0 bridgehead atoms. The summed E-state index contributed by atoms with van der Waals surface area (Å²) < 4.78 is 1.10. The summed E-state index contributed by atoms with van der Waals surface area (Å²) in [6, 6.07) is 7.97. The highest BCUT2D eigenvalue weighted by Gasteiger charge is 2.31. The van der Waals surface area contributed by atoms with E-state index in [0.29, 0.717) is 31.1 Å². The molecule has 6 nitrogen and oxygen atoms in total. The Bertz CT molecular complexity index is 1170. The second-order valence-electron chi connectivity index (χ2n) is 10.6. The molecule has 0 radical (unpaired) electrons. The molecule has 198 valence electrons. The lowest BCUT2D eigenvalue weighted by molar-refractivity contribution is -0.130. The number of carbonyl (C=O) groups excluding carboxylic acids is 3. The van der Waals surface area contributed by atoms with E-state index in [1.807, 2.05) is 19.1 Å². The third-order valence-electron chi connectivity index (χ3n) is 7.37. The van der Waals surface area contributed by atoms with E-state index in [-0.39, 0.29) is 41.9 Å². The first-order valence-corrected chi connectivity index (χ1v) is 14.4. The lowest BCUT2D eigenvalue weighted by Crippen LogP contribution is -2.44. The van der Waals surface area contributed by atoms with Crippen LogP contribution in [0.4, 0.5) is 0 Å². The van der Waals surface area contributed by atoms with Crippen molar-refractivity contribution < 1.29 is 14.4 Å². The first-order valence-electron chi connectivity index (χ1n) is 13.5. The normalized spacial score (nSPS) is 15.4. The zero-order valence-electron chi connectivity index (χ0n) is 22.3. The van der Waals surface area contributed by atoms with Crippen LogP contribution >= 0.6 is 11.3 Å². The van der Waals surface area contributed by atoms with Crippen LogP contribution in [0.25, 0.3) is 10.2 Å². The van der Waals surface area contributed by atoms with Gasteiger partial charge in [0.1, 0.15) is 11.9 Å². The maximum absolute atomic E-state index is 13.6. The molecule has 1 aromatic carbocycles. The number of ketones is 2.